The summed E-state index contributed by atoms with van der Waals surface area (Å²) in [5.74, 6) is -0.755. The molecule has 0 heterocycles. The molecule has 0 saturated heterocycles. The standard InChI is InChI=1S/C14H17ClO3/c15-12-8-10(9-4-2-1-3-5-9)6-7-11(12)13(16)14(17)18/h6-9,13,16H,1-5H2,(H,17,18). The molecule has 1 unspecified atom stereocenters. The second-order valence-electron chi connectivity index (χ2n) is 4.86. The smallest absolute Gasteiger partial charge is 0.337 e. The Labute approximate surface area is 111 Å². The van der Waals surface area contributed by atoms with Crippen LogP contribution in [0.15, 0.2) is 18.2 Å². The molecule has 98 valence electrons. The zero-order valence-corrected chi connectivity index (χ0v) is 10.9. The van der Waals surface area contributed by atoms with Gasteiger partial charge in [-0.15, -0.1) is 0 Å². The lowest BCUT2D eigenvalue weighted by atomic mass is 9.84. The zero-order chi connectivity index (χ0) is 13.1. The quantitative estimate of drug-likeness (QED) is 0.882. The molecule has 0 aromatic heterocycles. The molecule has 2 N–H and O–H groups in total. The Morgan fingerprint density at radius 1 is 1.28 bits per heavy atom. The van der Waals surface area contributed by atoms with Gasteiger partial charge in [-0.25, -0.2) is 4.79 Å². The first-order valence-electron chi connectivity index (χ1n) is 6.30. The van der Waals surface area contributed by atoms with Crippen LogP contribution in [0, 0.1) is 0 Å². The maximum Gasteiger partial charge on any atom is 0.337 e. The van der Waals surface area contributed by atoms with Crippen molar-refractivity contribution in [1.29, 1.82) is 0 Å². The SMILES string of the molecule is O=C(O)C(O)c1ccc(C2CCCCC2)cc1Cl. The van der Waals surface area contributed by atoms with Crippen molar-refractivity contribution < 1.29 is 15.0 Å². The summed E-state index contributed by atoms with van der Waals surface area (Å²) in [6.45, 7) is 0. The lowest BCUT2D eigenvalue weighted by Gasteiger charge is -2.22. The van der Waals surface area contributed by atoms with Crippen molar-refractivity contribution in [3.05, 3.63) is 34.3 Å². The van der Waals surface area contributed by atoms with Gasteiger partial charge in [-0.1, -0.05) is 43.0 Å². The molecular weight excluding hydrogens is 252 g/mol. The Balaban J connectivity index is 2.21. The summed E-state index contributed by atoms with van der Waals surface area (Å²) in [5.41, 5.74) is 1.42. The highest BCUT2D eigenvalue weighted by Gasteiger charge is 2.21. The molecule has 0 aliphatic heterocycles. The average molecular weight is 269 g/mol. The van der Waals surface area contributed by atoms with Crippen LogP contribution in [0.1, 0.15) is 55.3 Å². The molecule has 1 aromatic rings. The summed E-state index contributed by atoms with van der Waals surface area (Å²) >= 11 is 6.06. The molecule has 1 saturated carbocycles. The molecule has 0 radical (unpaired) electrons. The van der Waals surface area contributed by atoms with Crippen molar-refractivity contribution >= 4 is 17.6 Å². The molecule has 0 spiro atoms. The van der Waals surface area contributed by atoms with Crippen molar-refractivity contribution in [2.45, 2.75) is 44.1 Å². The van der Waals surface area contributed by atoms with E-state index in [1.807, 2.05) is 6.07 Å². The highest BCUT2D eigenvalue weighted by atomic mass is 35.5. The van der Waals surface area contributed by atoms with Crippen LogP contribution < -0.4 is 0 Å². The average Bonchev–Trinajstić information content (AvgIpc) is 2.38. The normalized spacial score (nSPS) is 18.6. The summed E-state index contributed by atoms with van der Waals surface area (Å²) in [5, 5.41) is 18.6. The van der Waals surface area contributed by atoms with E-state index < -0.39 is 12.1 Å². The number of benzene rings is 1. The van der Waals surface area contributed by atoms with Gasteiger partial charge in [0.1, 0.15) is 0 Å². The summed E-state index contributed by atoms with van der Waals surface area (Å²) in [7, 11) is 0. The first-order valence-corrected chi connectivity index (χ1v) is 6.67. The summed E-state index contributed by atoms with van der Waals surface area (Å²) in [6.07, 6.45) is 4.55. The van der Waals surface area contributed by atoms with Crippen molar-refractivity contribution in [3.63, 3.8) is 0 Å². The third-order valence-electron chi connectivity index (χ3n) is 3.63. The third-order valence-corrected chi connectivity index (χ3v) is 3.96. The summed E-state index contributed by atoms with van der Waals surface area (Å²) in [4.78, 5) is 10.7. The lowest BCUT2D eigenvalue weighted by Crippen LogP contribution is -2.11. The predicted molar refractivity (Wildman–Crippen MR) is 69.9 cm³/mol. The third kappa shape index (κ3) is 2.85. The number of aliphatic hydroxyl groups is 1. The van der Waals surface area contributed by atoms with Gasteiger partial charge in [0.15, 0.2) is 6.10 Å². The Morgan fingerprint density at radius 3 is 2.50 bits per heavy atom. The number of hydrogen-bond donors (Lipinski definition) is 2. The van der Waals surface area contributed by atoms with Crippen LogP contribution in [0.4, 0.5) is 0 Å². The number of carbonyl (C=O) groups is 1. The van der Waals surface area contributed by atoms with Gasteiger partial charge in [-0.05, 0) is 30.4 Å². The van der Waals surface area contributed by atoms with E-state index in [1.54, 1.807) is 12.1 Å². The molecule has 1 aliphatic rings. The number of halogens is 1. The first-order chi connectivity index (χ1) is 8.59. The molecule has 2 rings (SSSR count). The highest BCUT2D eigenvalue weighted by molar-refractivity contribution is 6.31. The summed E-state index contributed by atoms with van der Waals surface area (Å²) < 4.78 is 0. The fourth-order valence-corrected chi connectivity index (χ4v) is 2.88. The van der Waals surface area contributed by atoms with Crippen LogP contribution >= 0.6 is 11.6 Å². The van der Waals surface area contributed by atoms with E-state index in [4.69, 9.17) is 16.7 Å². The van der Waals surface area contributed by atoms with Crippen molar-refractivity contribution in [3.8, 4) is 0 Å². The Kier molecular flexibility index (Phi) is 4.25. The highest BCUT2D eigenvalue weighted by Crippen LogP contribution is 2.35. The van der Waals surface area contributed by atoms with Crippen molar-refractivity contribution in [2.24, 2.45) is 0 Å². The number of carboxylic acid groups (broad SMARTS) is 1. The molecule has 1 atom stereocenters. The molecule has 0 bridgehead atoms. The maximum atomic E-state index is 10.7. The Hall–Kier alpha value is -1.06. The second-order valence-corrected chi connectivity index (χ2v) is 5.26. The fourth-order valence-electron chi connectivity index (χ4n) is 2.59. The number of rotatable bonds is 3. The van der Waals surface area contributed by atoms with Crippen LogP contribution in [-0.4, -0.2) is 16.2 Å². The first kappa shape index (κ1) is 13.4. The molecular formula is C14H17ClO3. The van der Waals surface area contributed by atoms with Crippen LogP contribution in [0.2, 0.25) is 5.02 Å². The Bertz CT molecular complexity index is 439. The van der Waals surface area contributed by atoms with E-state index in [0.717, 1.165) is 18.4 Å². The van der Waals surface area contributed by atoms with Gasteiger partial charge in [0, 0.05) is 10.6 Å². The van der Waals surface area contributed by atoms with Gasteiger partial charge in [0.05, 0.1) is 0 Å². The number of carboxylic acids is 1. The molecule has 1 fully saturated rings. The van der Waals surface area contributed by atoms with E-state index in [2.05, 4.69) is 0 Å². The van der Waals surface area contributed by atoms with Crippen molar-refractivity contribution in [2.75, 3.05) is 0 Å². The summed E-state index contributed by atoms with van der Waals surface area (Å²) in [6, 6.07) is 5.33. The number of aliphatic hydroxyl groups excluding tert-OH is 1. The maximum absolute atomic E-state index is 10.7. The molecule has 0 amide bonds. The minimum atomic E-state index is -1.54. The van der Waals surface area contributed by atoms with Gasteiger partial charge in [0.25, 0.3) is 0 Å². The molecule has 4 heteroatoms. The van der Waals surface area contributed by atoms with Gasteiger partial charge < -0.3 is 10.2 Å². The van der Waals surface area contributed by atoms with Crippen LogP contribution in [0.5, 0.6) is 0 Å². The van der Waals surface area contributed by atoms with Gasteiger partial charge >= 0.3 is 5.97 Å². The van der Waals surface area contributed by atoms with E-state index >= 15 is 0 Å². The monoisotopic (exact) mass is 268 g/mol. The van der Waals surface area contributed by atoms with Crippen molar-refractivity contribution in [1.82, 2.24) is 0 Å². The molecule has 3 nitrogen and oxygen atoms in total. The second kappa shape index (κ2) is 5.72. The molecule has 1 aliphatic carbocycles. The van der Waals surface area contributed by atoms with Crippen LogP contribution in [0.25, 0.3) is 0 Å². The number of hydrogen-bond acceptors (Lipinski definition) is 2. The zero-order valence-electron chi connectivity index (χ0n) is 10.1. The van der Waals surface area contributed by atoms with E-state index in [1.165, 1.54) is 19.3 Å². The minimum Gasteiger partial charge on any atom is -0.479 e. The largest absolute Gasteiger partial charge is 0.479 e. The Morgan fingerprint density at radius 2 is 1.94 bits per heavy atom. The number of aliphatic carboxylic acids is 1. The van der Waals surface area contributed by atoms with Crippen LogP contribution in [-0.2, 0) is 4.79 Å². The molecule has 18 heavy (non-hydrogen) atoms. The topological polar surface area (TPSA) is 57.5 Å². The van der Waals surface area contributed by atoms with E-state index in [-0.39, 0.29) is 5.56 Å². The van der Waals surface area contributed by atoms with Gasteiger partial charge in [0.2, 0.25) is 0 Å². The fraction of sp³-hybridized carbons (Fsp3) is 0.500. The van der Waals surface area contributed by atoms with Crippen LogP contribution in [0.3, 0.4) is 0 Å². The predicted octanol–water partition coefficient (Wildman–Crippen LogP) is 3.51. The van der Waals surface area contributed by atoms with E-state index in [0.29, 0.717) is 10.9 Å². The van der Waals surface area contributed by atoms with E-state index in [9.17, 15) is 9.90 Å². The lowest BCUT2D eigenvalue weighted by molar-refractivity contribution is -0.146. The minimum absolute atomic E-state index is 0.267. The van der Waals surface area contributed by atoms with Gasteiger partial charge in [-0.2, -0.15) is 0 Å². The van der Waals surface area contributed by atoms with Gasteiger partial charge in [-0.3, -0.25) is 0 Å². The molecule has 1 aromatic carbocycles.